The molecule has 1 aliphatic carbocycles. The van der Waals surface area contributed by atoms with E-state index in [9.17, 15) is 13.2 Å². The van der Waals surface area contributed by atoms with E-state index in [-0.39, 0.29) is 0 Å². The van der Waals surface area contributed by atoms with Crippen LogP contribution in [0, 0.1) is 5.92 Å². The normalized spacial score (nSPS) is 23.2. The van der Waals surface area contributed by atoms with Gasteiger partial charge >= 0.3 is 12.1 Å². The molecule has 0 bridgehead atoms. The Hall–Kier alpha value is -1.65. The van der Waals surface area contributed by atoms with E-state index in [1.54, 1.807) is 0 Å². The summed E-state index contributed by atoms with van der Waals surface area (Å²) in [5.74, 6) is -1.45. The van der Waals surface area contributed by atoms with Crippen LogP contribution in [0.2, 0.25) is 0 Å². The van der Waals surface area contributed by atoms with Crippen molar-refractivity contribution in [1.82, 2.24) is 14.7 Å². The first-order valence-corrected chi connectivity index (χ1v) is 9.96. The van der Waals surface area contributed by atoms with Gasteiger partial charge in [-0.05, 0) is 31.6 Å². The third-order valence-corrected chi connectivity index (χ3v) is 5.66. The Bertz CT molecular complexity index is 685. The third-order valence-electron chi connectivity index (χ3n) is 5.66. The molecule has 1 saturated heterocycles. The number of fused-ring (bicyclic) bond motifs is 1. The van der Waals surface area contributed by atoms with Gasteiger partial charge in [-0.25, -0.2) is 4.79 Å². The quantitative estimate of drug-likeness (QED) is 0.791. The molecule has 3 heterocycles. The van der Waals surface area contributed by atoms with Gasteiger partial charge in [0, 0.05) is 57.5 Å². The first-order chi connectivity index (χ1) is 13.8. The van der Waals surface area contributed by atoms with Crippen molar-refractivity contribution in [1.29, 1.82) is 0 Å². The predicted molar refractivity (Wildman–Crippen MR) is 97.4 cm³/mol. The van der Waals surface area contributed by atoms with Crippen LogP contribution in [0.4, 0.5) is 13.2 Å². The van der Waals surface area contributed by atoms with Crippen LogP contribution in [0.1, 0.15) is 42.9 Å². The zero-order chi connectivity index (χ0) is 21.0. The minimum atomic E-state index is -5.08. The predicted octanol–water partition coefficient (Wildman–Crippen LogP) is 2.56. The van der Waals surface area contributed by atoms with E-state index in [0.717, 1.165) is 58.3 Å². The molecule has 1 aromatic heterocycles. The minimum absolute atomic E-state index is 0.471. The van der Waals surface area contributed by atoms with Gasteiger partial charge in [0.2, 0.25) is 0 Å². The molecule has 1 unspecified atom stereocenters. The van der Waals surface area contributed by atoms with Gasteiger partial charge < -0.3 is 14.6 Å². The Labute approximate surface area is 167 Å². The highest BCUT2D eigenvalue weighted by Crippen LogP contribution is 2.33. The monoisotopic (exact) mass is 419 g/mol. The molecule has 3 aliphatic rings. The Kier molecular flexibility index (Phi) is 7.18. The highest BCUT2D eigenvalue weighted by atomic mass is 19.4. The van der Waals surface area contributed by atoms with E-state index in [2.05, 4.69) is 27.9 Å². The average Bonchev–Trinajstić information content (AvgIpc) is 3.43. The van der Waals surface area contributed by atoms with Gasteiger partial charge in [-0.1, -0.05) is 0 Å². The molecule has 1 atom stereocenters. The number of carboxylic acid groups (broad SMARTS) is 1. The first-order valence-electron chi connectivity index (χ1n) is 9.96. The van der Waals surface area contributed by atoms with Crippen LogP contribution in [0.5, 0.6) is 0 Å². The smallest absolute Gasteiger partial charge is 0.475 e. The van der Waals surface area contributed by atoms with Gasteiger partial charge in [-0.15, -0.1) is 0 Å². The Morgan fingerprint density at radius 3 is 2.52 bits per heavy atom. The molecule has 4 rings (SSSR count). The maximum absolute atomic E-state index is 10.6. The number of halogens is 3. The van der Waals surface area contributed by atoms with Gasteiger partial charge in [-0.3, -0.25) is 9.58 Å². The number of alkyl halides is 3. The molecule has 0 radical (unpaired) electrons. The van der Waals surface area contributed by atoms with E-state index >= 15 is 0 Å². The lowest BCUT2D eigenvalue weighted by Gasteiger charge is -2.39. The molecule has 7 nitrogen and oxygen atoms in total. The van der Waals surface area contributed by atoms with Crippen LogP contribution in [-0.2, 0) is 27.9 Å². The number of nitrogens with zero attached hydrogens (tertiary/aromatic N) is 3. The van der Waals surface area contributed by atoms with Gasteiger partial charge in [0.1, 0.15) is 0 Å². The lowest BCUT2D eigenvalue weighted by molar-refractivity contribution is -0.192. The van der Waals surface area contributed by atoms with Crippen molar-refractivity contribution >= 4 is 5.97 Å². The van der Waals surface area contributed by atoms with Gasteiger partial charge in [0.05, 0.1) is 18.5 Å². The molecule has 0 aromatic carbocycles. The molecular weight excluding hydrogens is 391 g/mol. The summed E-state index contributed by atoms with van der Waals surface area (Å²) in [7, 11) is 2.06. The van der Waals surface area contributed by atoms with Gasteiger partial charge in [0.25, 0.3) is 0 Å². The second-order valence-corrected chi connectivity index (χ2v) is 7.92. The molecule has 164 valence electrons. The molecule has 0 amide bonds. The number of aromatic nitrogens is 2. The van der Waals surface area contributed by atoms with Gasteiger partial charge in [0.15, 0.2) is 0 Å². The summed E-state index contributed by atoms with van der Waals surface area (Å²) in [6.07, 6.45) is 2.00. The molecule has 2 fully saturated rings. The fourth-order valence-electron chi connectivity index (χ4n) is 3.79. The molecule has 1 N–H and O–H groups in total. The Morgan fingerprint density at radius 1 is 1.28 bits per heavy atom. The van der Waals surface area contributed by atoms with Crippen molar-refractivity contribution < 1.29 is 32.5 Å². The maximum Gasteiger partial charge on any atom is 0.490 e. The molecular formula is C19H28F3N3O4. The Morgan fingerprint density at radius 2 is 1.93 bits per heavy atom. The molecule has 29 heavy (non-hydrogen) atoms. The molecule has 1 aromatic rings. The zero-order valence-electron chi connectivity index (χ0n) is 16.5. The maximum atomic E-state index is 10.6. The van der Waals surface area contributed by atoms with Crippen molar-refractivity contribution in [3.63, 3.8) is 0 Å². The van der Waals surface area contributed by atoms with E-state index in [1.807, 2.05) is 0 Å². The van der Waals surface area contributed by atoms with Crippen molar-refractivity contribution in [2.75, 3.05) is 33.0 Å². The van der Waals surface area contributed by atoms with Crippen molar-refractivity contribution in [3.8, 4) is 0 Å². The standard InChI is InChI=1S/C17H27N3O2.C2HF3O2/c1-19-17-10-20(15-4-6-21-7-5-15)9-14(16(17)8-18-19)12-22-11-13-2-3-13;3-2(4,5)1(6)7/h8,13-15H,2-7,9-12H2,1H3;(H,6,7). The van der Waals surface area contributed by atoms with Crippen LogP contribution in [-0.4, -0.2) is 70.9 Å². The number of ether oxygens (including phenoxy) is 2. The summed E-state index contributed by atoms with van der Waals surface area (Å²) in [5, 5.41) is 11.6. The number of aliphatic carboxylic acids is 1. The summed E-state index contributed by atoms with van der Waals surface area (Å²) < 4.78 is 45.3. The zero-order valence-corrected chi connectivity index (χ0v) is 16.5. The second-order valence-electron chi connectivity index (χ2n) is 7.92. The number of carbonyl (C=O) groups is 1. The van der Waals surface area contributed by atoms with Crippen LogP contribution in [0.25, 0.3) is 0 Å². The fraction of sp³-hybridized carbons (Fsp3) is 0.789. The number of hydrogen-bond acceptors (Lipinski definition) is 5. The lowest BCUT2D eigenvalue weighted by Crippen LogP contribution is -2.44. The first kappa shape index (κ1) is 22.0. The summed E-state index contributed by atoms with van der Waals surface area (Å²) in [6, 6.07) is 0.655. The van der Waals surface area contributed by atoms with E-state index < -0.39 is 12.1 Å². The van der Waals surface area contributed by atoms with E-state index in [4.69, 9.17) is 19.4 Å². The number of aryl methyl sites for hydroxylation is 1. The molecule has 1 saturated carbocycles. The highest BCUT2D eigenvalue weighted by molar-refractivity contribution is 5.73. The topological polar surface area (TPSA) is 76.8 Å². The largest absolute Gasteiger partial charge is 0.490 e. The van der Waals surface area contributed by atoms with Crippen molar-refractivity contribution in [2.45, 2.75) is 50.4 Å². The molecule has 2 aliphatic heterocycles. The molecule has 10 heteroatoms. The fourth-order valence-corrected chi connectivity index (χ4v) is 3.79. The van der Waals surface area contributed by atoms with Crippen LogP contribution < -0.4 is 0 Å². The summed E-state index contributed by atoms with van der Waals surface area (Å²) in [5.41, 5.74) is 2.78. The molecule has 0 spiro atoms. The van der Waals surface area contributed by atoms with Crippen molar-refractivity contribution in [3.05, 3.63) is 17.5 Å². The summed E-state index contributed by atoms with van der Waals surface area (Å²) in [6.45, 7) is 5.73. The van der Waals surface area contributed by atoms with Crippen LogP contribution in [0.3, 0.4) is 0 Å². The van der Waals surface area contributed by atoms with Crippen LogP contribution >= 0.6 is 0 Å². The second kappa shape index (κ2) is 9.44. The summed E-state index contributed by atoms with van der Waals surface area (Å²) >= 11 is 0. The minimum Gasteiger partial charge on any atom is -0.475 e. The number of hydrogen-bond donors (Lipinski definition) is 1. The van der Waals surface area contributed by atoms with Gasteiger partial charge in [-0.2, -0.15) is 18.3 Å². The number of carboxylic acids is 1. The summed E-state index contributed by atoms with van der Waals surface area (Å²) in [4.78, 5) is 11.5. The lowest BCUT2D eigenvalue weighted by atomic mass is 9.93. The third kappa shape index (κ3) is 6.16. The highest BCUT2D eigenvalue weighted by Gasteiger charge is 2.38. The average molecular weight is 419 g/mol. The number of rotatable bonds is 5. The SMILES string of the molecule is Cn1ncc2c1CN(C1CCOCC1)CC2COCC1CC1.O=C(O)C(F)(F)F. The van der Waals surface area contributed by atoms with Crippen molar-refractivity contribution in [2.24, 2.45) is 13.0 Å². The Balaban J connectivity index is 0.000000298. The van der Waals surface area contributed by atoms with Crippen LogP contribution in [0.15, 0.2) is 6.20 Å². The van der Waals surface area contributed by atoms with E-state index in [1.165, 1.54) is 24.1 Å². The van der Waals surface area contributed by atoms with E-state index in [0.29, 0.717) is 12.0 Å².